The maximum atomic E-state index is 13.0. The number of likely N-dealkylation sites (N-methyl/N-ethyl adjacent to an activating group) is 1. The number of pyridine rings is 1. The zero-order valence-electron chi connectivity index (χ0n) is 36.8. The average molecular weight is 906 g/mol. The quantitative estimate of drug-likeness (QED) is 0.0574. The van der Waals surface area contributed by atoms with E-state index in [1.165, 1.54) is 23.7 Å². The van der Waals surface area contributed by atoms with Crippen molar-refractivity contribution in [3.05, 3.63) is 120 Å². The molecular formula is C48H53ClN8O6S. The standard InChI is InChI=1S/C48H53ClN8O6S/c1-8-32(37(9-2)62-29-34-16-17-50-46(53-34)36-12-10-11-13-38(36)60-7)24-40(48(58)59)63-47-43-41(64-54-47)26-51-45(33-25-52-57(28-33)27-30(3)4)42(43)35-14-15-39(44(49)31(35)5)61-23-22-56-20-18-55(6)19-21-56/h8-17,25-26,28,30,40H,1-2,18-24,27,29H2,3-7H3,(H,58,59)/b37-32-. The largest absolute Gasteiger partial charge is 0.496 e. The Morgan fingerprint density at radius 1 is 1.02 bits per heavy atom. The van der Waals surface area contributed by atoms with Crippen LogP contribution in [0.1, 0.15) is 31.5 Å². The summed E-state index contributed by atoms with van der Waals surface area (Å²) >= 11 is 8.28. The van der Waals surface area contributed by atoms with Crippen molar-refractivity contribution >= 4 is 39.2 Å². The maximum Gasteiger partial charge on any atom is 0.345 e. The van der Waals surface area contributed by atoms with Gasteiger partial charge in [-0.05, 0) is 78.5 Å². The molecule has 16 heteroatoms. The van der Waals surface area contributed by atoms with Gasteiger partial charge in [0.15, 0.2) is 5.82 Å². The molecule has 0 radical (unpaired) electrons. The van der Waals surface area contributed by atoms with Crippen LogP contribution in [0.3, 0.4) is 0 Å². The molecule has 334 valence electrons. The molecule has 1 atom stereocenters. The van der Waals surface area contributed by atoms with Gasteiger partial charge in [-0.15, -0.1) is 0 Å². The lowest BCUT2D eigenvalue weighted by Gasteiger charge is -2.32. The number of aromatic nitrogens is 6. The number of carboxylic acid groups (broad SMARTS) is 1. The number of nitrogens with zero attached hydrogens (tertiary/aromatic N) is 8. The normalized spacial score (nSPS) is 14.3. The van der Waals surface area contributed by atoms with E-state index in [9.17, 15) is 9.90 Å². The van der Waals surface area contributed by atoms with Gasteiger partial charge in [-0.3, -0.25) is 14.6 Å². The highest BCUT2D eigenvalue weighted by molar-refractivity contribution is 7.13. The summed E-state index contributed by atoms with van der Waals surface area (Å²) in [4.78, 5) is 31.8. The second-order valence-corrected chi connectivity index (χ2v) is 17.1. The van der Waals surface area contributed by atoms with Crippen LogP contribution in [0.4, 0.5) is 0 Å². The lowest BCUT2D eigenvalue weighted by molar-refractivity contribution is -0.145. The summed E-state index contributed by atoms with van der Waals surface area (Å²) < 4.78 is 31.6. The molecule has 2 aromatic carbocycles. The number of fused-ring (bicyclic) bond motifs is 1. The Morgan fingerprint density at radius 3 is 2.55 bits per heavy atom. The number of allylic oxidation sites excluding steroid dienone is 2. The molecule has 0 saturated carbocycles. The molecule has 5 heterocycles. The number of rotatable bonds is 20. The number of ether oxygens (including phenoxy) is 4. The minimum atomic E-state index is -1.40. The van der Waals surface area contributed by atoms with E-state index in [0.29, 0.717) is 73.2 Å². The zero-order chi connectivity index (χ0) is 45.3. The number of hydrogen-bond acceptors (Lipinski definition) is 13. The highest BCUT2D eigenvalue weighted by Gasteiger charge is 2.28. The van der Waals surface area contributed by atoms with E-state index in [0.717, 1.165) is 61.5 Å². The molecule has 0 bridgehead atoms. The first-order valence-corrected chi connectivity index (χ1v) is 22.2. The molecular weight excluding hydrogens is 852 g/mol. The Hall–Kier alpha value is -6.13. The van der Waals surface area contributed by atoms with E-state index in [1.54, 1.807) is 31.8 Å². The smallest absolute Gasteiger partial charge is 0.345 e. The van der Waals surface area contributed by atoms with E-state index >= 15 is 0 Å². The van der Waals surface area contributed by atoms with Gasteiger partial charge in [-0.25, -0.2) is 14.8 Å². The molecule has 14 nitrogen and oxygen atoms in total. The molecule has 64 heavy (non-hydrogen) atoms. The monoisotopic (exact) mass is 904 g/mol. The summed E-state index contributed by atoms with van der Waals surface area (Å²) in [6.07, 6.45) is 8.66. The third-order valence-electron chi connectivity index (χ3n) is 10.9. The topological polar surface area (TPSA) is 150 Å². The molecule has 1 N–H and O–H groups in total. The third-order valence-corrected chi connectivity index (χ3v) is 12.2. The maximum absolute atomic E-state index is 13.0. The summed E-state index contributed by atoms with van der Waals surface area (Å²) in [5, 5.41) is 16.4. The van der Waals surface area contributed by atoms with Crippen LogP contribution >= 0.6 is 23.1 Å². The summed E-state index contributed by atoms with van der Waals surface area (Å²) in [6, 6.07) is 13.1. The van der Waals surface area contributed by atoms with E-state index in [-0.39, 0.29) is 18.9 Å². The van der Waals surface area contributed by atoms with Crippen LogP contribution in [0.25, 0.3) is 43.9 Å². The Labute approximate surface area is 382 Å². The van der Waals surface area contributed by atoms with Crippen molar-refractivity contribution < 1.29 is 28.8 Å². The van der Waals surface area contributed by atoms with Crippen LogP contribution in [-0.2, 0) is 22.7 Å². The van der Waals surface area contributed by atoms with E-state index in [4.69, 9.17) is 35.5 Å². The van der Waals surface area contributed by atoms with Crippen molar-refractivity contribution in [2.75, 3.05) is 53.5 Å². The van der Waals surface area contributed by atoms with Gasteiger partial charge in [0.25, 0.3) is 0 Å². The number of aliphatic carboxylic acids is 1. The van der Waals surface area contributed by atoms with Crippen molar-refractivity contribution in [2.45, 2.75) is 46.4 Å². The first-order valence-electron chi connectivity index (χ1n) is 21.1. The van der Waals surface area contributed by atoms with Crippen molar-refractivity contribution in [1.82, 2.24) is 38.9 Å². The van der Waals surface area contributed by atoms with Crippen LogP contribution in [0.15, 0.2) is 104 Å². The molecule has 1 unspecified atom stereocenters. The number of benzene rings is 2. The van der Waals surface area contributed by atoms with Crippen LogP contribution in [0, 0.1) is 12.8 Å². The average Bonchev–Trinajstić information content (AvgIpc) is 3.94. The van der Waals surface area contributed by atoms with E-state index in [2.05, 4.69) is 63.3 Å². The van der Waals surface area contributed by atoms with Gasteiger partial charge in [0, 0.05) is 75.4 Å². The minimum absolute atomic E-state index is 0.0492. The molecule has 0 aliphatic carbocycles. The molecule has 6 aromatic rings. The predicted octanol–water partition coefficient (Wildman–Crippen LogP) is 9.00. The molecule has 1 fully saturated rings. The first kappa shape index (κ1) is 45.9. The van der Waals surface area contributed by atoms with Gasteiger partial charge >= 0.3 is 5.97 Å². The number of carbonyl (C=O) groups is 1. The number of methoxy groups -OCH3 is 1. The Balaban J connectivity index is 1.20. The second-order valence-electron chi connectivity index (χ2n) is 15.9. The fourth-order valence-electron chi connectivity index (χ4n) is 7.50. The van der Waals surface area contributed by atoms with E-state index in [1.807, 2.05) is 54.2 Å². The van der Waals surface area contributed by atoms with Gasteiger partial charge in [-0.2, -0.15) is 9.47 Å². The molecule has 4 aromatic heterocycles. The van der Waals surface area contributed by atoms with Crippen molar-refractivity contribution in [3.8, 4) is 51.2 Å². The van der Waals surface area contributed by atoms with Gasteiger partial charge in [0.05, 0.1) is 45.4 Å². The Bertz CT molecular complexity index is 2650. The fraction of sp³-hybridized carbons (Fsp3) is 0.333. The van der Waals surface area contributed by atoms with Crippen molar-refractivity contribution in [2.24, 2.45) is 5.92 Å². The number of hydrogen-bond donors (Lipinski definition) is 1. The third kappa shape index (κ3) is 10.6. The van der Waals surface area contributed by atoms with Crippen LogP contribution in [0.5, 0.6) is 17.4 Å². The van der Waals surface area contributed by atoms with Crippen LogP contribution in [-0.4, -0.2) is 110 Å². The van der Waals surface area contributed by atoms with Gasteiger partial charge in [-0.1, -0.05) is 62.9 Å². The molecule has 0 amide bonds. The summed E-state index contributed by atoms with van der Waals surface area (Å²) in [7, 11) is 3.73. The fourth-order valence-corrected chi connectivity index (χ4v) is 8.42. The Kier molecular flexibility index (Phi) is 15.1. The summed E-state index contributed by atoms with van der Waals surface area (Å²) in [6.45, 7) is 20.2. The Morgan fingerprint density at radius 2 is 1.81 bits per heavy atom. The summed E-state index contributed by atoms with van der Waals surface area (Å²) in [5.74, 6) is 1.32. The van der Waals surface area contributed by atoms with Gasteiger partial charge in [0.2, 0.25) is 12.0 Å². The van der Waals surface area contributed by atoms with Crippen molar-refractivity contribution in [1.29, 1.82) is 0 Å². The molecule has 1 aliphatic rings. The van der Waals surface area contributed by atoms with Gasteiger partial charge in [0.1, 0.15) is 30.5 Å². The SMILES string of the molecule is C=C/C(CC(Oc1nsc2cnc(-c3cnn(CC(C)C)c3)c(-c3ccc(OCCN4CCN(C)CC4)c(Cl)c3C)c12)C(=O)O)=C(\C=C)OCc1ccnc(-c2ccccc2OC)n1. The number of piperazine rings is 1. The molecule has 7 rings (SSSR count). The van der Waals surface area contributed by atoms with Gasteiger partial charge < -0.3 is 29.0 Å². The molecule has 1 aliphatic heterocycles. The number of carboxylic acids is 1. The highest BCUT2D eigenvalue weighted by Crippen LogP contribution is 2.46. The summed E-state index contributed by atoms with van der Waals surface area (Å²) in [5.41, 5.74) is 5.40. The number of halogens is 1. The lowest BCUT2D eigenvalue weighted by Crippen LogP contribution is -2.45. The van der Waals surface area contributed by atoms with E-state index < -0.39 is 12.1 Å². The van der Waals surface area contributed by atoms with Crippen LogP contribution in [0.2, 0.25) is 5.02 Å². The lowest BCUT2D eigenvalue weighted by atomic mass is 9.94. The number of para-hydroxylation sites is 1. The molecule has 1 saturated heterocycles. The molecule has 0 spiro atoms. The van der Waals surface area contributed by atoms with Crippen molar-refractivity contribution in [3.63, 3.8) is 0 Å². The first-order chi connectivity index (χ1) is 31.0. The highest BCUT2D eigenvalue weighted by atomic mass is 35.5. The van der Waals surface area contributed by atoms with Crippen LogP contribution < -0.4 is 14.2 Å². The second kappa shape index (κ2) is 21.0. The predicted molar refractivity (Wildman–Crippen MR) is 251 cm³/mol. The minimum Gasteiger partial charge on any atom is -0.496 e. The zero-order valence-corrected chi connectivity index (χ0v) is 38.4.